The van der Waals surface area contributed by atoms with Crippen molar-refractivity contribution in [1.29, 1.82) is 0 Å². The smallest absolute Gasteiger partial charge is 0.0490 e. The Morgan fingerprint density at radius 1 is 1.15 bits per heavy atom. The molecule has 0 amide bonds. The summed E-state index contributed by atoms with van der Waals surface area (Å²) in [7, 11) is 0. The van der Waals surface area contributed by atoms with Crippen LogP contribution in [-0.4, -0.2) is 5.71 Å². The maximum Gasteiger partial charge on any atom is 0.0490 e. The molecule has 1 heterocycles. The summed E-state index contributed by atoms with van der Waals surface area (Å²) in [5.41, 5.74) is 2.66. The van der Waals surface area contributed by atoms with Crippen LogP contribution >= 0.6 is 0 Å². The molecule has 1 aromatic carbocycles. The Morgan fingerprint density at radius 3 is 3.08 bits per heavy atom. The number of rotatable bonds is 0. The van der Waals surface area contributed by atoms with Crippen molar-refractivity contribution in [2.24, 2.45) is 4.99 Å². The third-order valence-corrected chi connectivity index (χ3v) is 2.45. The van der Waals surface area contributed by atoms with Crippen molar-refractivity contribution in [1.82, 2.24) is 0 Å². The summed E-state index contributed by atoms with van der Waals surface area (Å²) in [6, 6.07) is 8.47. The zero-order chi connectivity index (χ0) is 8.67. The highest BCUT2D eigenvalue weighted by atomic mass is 14.7. The number of benzene rings is 1. The van der Waals surface area contributed by atoms with E-state index in [1.807, 2.05) is 12.3 Å². The molecular formula is C12H9N. The van der Waals surface area contributed by atoms with E-state index in [4.69, 9.17) is 0 Å². The second-order valence-corrected chi connectivity index (χ2v) is 3.33. The molecule has 0 bridgehead atoms. The molecule has 3 rings (SSSR count). The predicted molar refractivity (Wildman–Crippen MR) is 54.8 cm³/mol. The Kier molecular flexibility index (Phi) is 1.28. The lowest BCUT2D eigenvalue weighted by Crippen LogP contribution is -2.24. The highest BCUT2D eigenvalue weighted by Crippen LogP contribution is 2.24. The minimum absolute atomic E-state index is 1.06. The normalized spacial score (nSPS) is 17.5. The van der Waals surface area contributed by atoms with Gasteiger partial charge in [0.25, 0.3) is 0 Å². The highest BCUT2D eigenvalue weighted by molar-refractivity contribution is 6.38. The number of hydrogen-bond donors (Lipinski definition) is 0. The Labute approximate surface area is 76.4 Å². The Balaban J connectivity index is 2.50. The largest absolute Gasteiger partial charge is 0.261 e. The van der Waals surface area contributed by atoms with Crippen molar-refractivity contribution in [3.8, 4) is 0 Å². The fraction of sp³-hybridized carbons (Fsp3) is 0.0833. The molecule has 1 aromatic rings. The number of allylic oxidation sites excluding steroid dienone is 1. The first-order chi connectivity index (χ1) is 6.45. The van der Waals surface area contributed by atoms with E-state index in [1.165, 1.54) is 21.7 Å². The van der Waals surface area contributed by atoms with Crippen LogP contribution in [0.25, 0.3) is 11.6 Å². The fourth-order valence-electron chi connectivity index (χ4n) is 1.69. The number of nitrogens with zero attached hydrogens (tertiary/aromatic N) is 1. The molecule has 1 fully saturated rings. The number of hydrogen-bond acceptors (Lipinski definition) is 1. The molecule has 1 aliphatic carbocycles. The average molecular weight is 167 g/mol. The maximum atomic E-state index is 4.32. The van der Waals surface area contributed by atoms with Gasteiger partial charge in [0.05, 0.1) is 0 Å². The monoisotopic (exact) mass is 167 g/mol. The molecule has 0 atom stereocenters. The molecule has 0 spiro atoms. The van der Waals surface area contributed by atoms with Crippen molar-refractivity contribution < 1.29 is 0 Å². The molecule has 1 aliphatic heterocycles. The van der Waals surface area contributed by atoms with Crippen LogP contribution in [0, 0.1) is 0 Å². The lowest BCUT2D eigenvalue weighted by Gasteiger charge is -1.89. The molecule has 1 nitrogen and oxygen atoms in total. The second kappa shape index (κ2) is 2.43. The van der Waals surface area contributed by atoms with Crippen molar-refractivity contribution in [2.45, 2.75) is 6.42 Å². The molecule has 62 valence electrons. The van der Waals surface area contributed by atoms with Gasteiger partial charge in [0, 0.05) is 18.3 Å². The van der Waals surface area contributed by atoms with Crippen LogP contribution in [0.5, 0.6) is 0 Å². The third kappa shape index (κ3) is 1.04. The minimum Gasteiger partial charge on any atom is -0.261 e. The molecule has 0 aromatic heterocycles. The van der Waals surface area contributed by atoms with Crippen LogP contribution in [-0.2, 0) is 0 Å². The number of fused-ring (bicyclic) bond motifs is 2. The first-order valence-electron chi connectivity index (χ1n) is 4.47. The molecule has 0 saturated heterocycles. The van der Waals surface area contributed by atoms with Crippen LogP contribution in [0.1, 0.15) is 6.42 Å². The van der Waals surface area contributed by atoms with Crippen molar-refractivity contribution in [3.05, 3.63) is 47.0 Å². The summed E-state index contributed by atoms with van der Waals surface area (Å²) in [5, 5.41) is 2.66. The van der Waals surface area contributed by atoms with Crippen molar-refractivity contribution >= 4 is 17.4 Å². The van der Waals surface area contributed by atoms with Gasteiger partial charge in [0.2, 0.25) is 0 Å². The maximum absolute atomic E-state index is 4.32. The third-order valence-electron chi connectivity index (χ3n) is 2.45. The van der Waals surface area contributed by atoms with Crippen LogP contribution in [0.2, 0.25) is 0 Å². The molecule has 2 aliphatic rings. The van der Waals surface area contributed by atoms with Gasteiger partial charge >= 0.3 is 0 Å². The summed E-state index contributed by atoms with van der Waals surface area (Å²) < 4.78 is 0. The van der Waals surface area contributed by atoms with Gasteiger partial charge < -0.3 is 0 Å². The molecule has 0 unspecified atom stereocenters. The molecule has 0 N–H and O–H groups in total. The predicted octanol–water partition coefficient (Wildman–Crippen LogP) is 0.990. The van der Waals surface area contributed by atoms with E-state index in [-0.39, 0.29) is 0 Å². The second-order valence-electron chi connectivity index (χ2n) is 3.33. The molecule has 13 heavy (non-hydrogen) atoms. The summed E-state index contributed by atoms with van der Waals surface area (Å²) in [6.45, 7) is 0. The van der Waals surface area contributed by atoms with Gasteiger partial charge in [-0.2, -0.15) is 0 Å². The molecule has 0 radical (unpaired) electrons. The molecular weight excluding hydrogens is 158 g/mol. The standard InChI is InChI=1S/C12H9N/c1-2-6-10-9(4-1)5-3-7-13-12-8-11(10)12/h1-7H,8H2. The van der Waals surface area contributed by atoms with Crippen LogP contribution < -0.4 is 10.4 Å². The first-order valence-corrected chi connectivity index (χ1v) is 4.47. The van der Waals surface area contributed by atoms with Gasteiger partial charge in [-0.1, -0.05) is 30.3 Å². The highest BCUT2D eigenvalue weighted by Gasteiger charge is 2.23. The lowest BCUT2D eigenvalue weighted by atomic mass is 10.2. The van der Waals surface area contributed by atoms with Gasteiger partial charge in [-0.15, -0.1) is 0 Å². The van der Waals surface area contributed by atoms with Crippen LogP contribution in [0.3, 0.4) is 0 Å². The van der Waals surface area contributed by atoms with Gasteiger partial charge in [-0.25, -0.2) is 0 Å². The first kappa shape index (κ1) is 6.84. The van der Waals surface area contributed by atoms with E-state index in [1.54, 1.807) is 0 Å². The topological polar surface area (TPSA) is 12.4 Å². The lowest BCUT2D eigenvalue weighted by molar-refractivity contribution is 1.50. The average Bonchev–Trinajstić information content (AvgIpc) is 2.88. The zero-order valence-corrected chi connectivity index (χ0v) is 7.20. The van der Waals surface area contributed by atoms with Gasteiger partial charge in [-0.05, 0) is 22.1 Å². The van der Waals surface area contributed by atoms with Crippen molar-refractivity contribution in [2.75, 3.05) is 0 Å². The van der Waals surface area contributed by atoms with Crippen LogP contribution in [0.4, 0.5) is 0 Å². The van der Waals surface area contributed by atoms with Gasteiger partial charge in [-0.3, -0.25) is 4.99 Å². The summed E-state index contributed by atoms with van der Waals surface area (Å²) in [6.07, 6.45) is 7.05. The van der Waals surface area contributed by atoms with E-state index >= 15 is 0 Å². The van der Waals surface area contributed by atoms with Crippen molar-refractivity contribution in [3.63, 3.8) is 0 Å². The fourth-order valence-corrected chi connectivity index (χ4v) is 1.69. The van der Waals surface area contributed by atoms with Gasteiger partial charge in [0.15, 0.2) is 0 Å². The quantitative estimate of drug-likeness (QED) is 0.546. The molecule has 1 heteroatoms. The SMILES string of the molecule is C1=CN=C2CC2=c2ccccc2=C1. The van der Waals surface area contributed by atoms with Gasteiger partial charge in [0.1, 0.15) is 0 Å². The van der Waals surface area contributed by atoms with E-state index < -0.39 is 0 Å². The Morgan fingerprint density at radius 2 is 2.08 bits per heavy atom. The van der Waals surface area contributed by atoms with Crippen LogP contribution in [0.15, 0.2) is 41.5 Å². The Bertz CT molecular complexity index is 532. The van der Waals surface area contributed by atoms with E-state index in [0.717, 1.165) is 6.42 Å². The van der Waals surface area contributed by atoms with E-state index in [2.05, 4.69) is 35.3 Å². The summed E-state index contributed by atoms with van der Waals surface area (Å²) in [5.74, 6) is 0. The zero-order valence-electron chi connectivity index (χ0n) is 7.20. The summed E-state index contributed by atoms with van der Waals surface area (Å²) in [4.78, 5) is 4.32. The Hall–Kier alpha value is -1.63. The van der Waals surface area contributed by atoms with E-state index in [9.17, 15) is 0 Å². The van der Waals surface area contributed by atoms with E-state index in [0.29, 0.717) is 0 Å². The summed E-state index contributed by atoms with van der Waals surface area (Å²) >= 11 is 0. The minimum atomic E-state index is 1.06. The molecule has 1 saturated carbocycles. The number of aliphatic imine (C=N–C) groups is 1.